The third kappa shape index (κ3) is 4.38. The largest absolute Gasteiger partial charge is 0.382 e. The van der Waals surface area contributed by atoms with Crippen molar-refractivity contribution in [3.8, 4) is 5.69 Å². The van der Waals surface area contributed by atoms with Crippen molar-refractivity contribution in [3.05, 3.63) is 106 Å². The molecule has 0 saturated carbocycles. The van der Waals surface area contributed by atoms with Crippen LogP contribution < -0.4 is 10.9 Å². The van der Waals surface area contributed by atoms with Crippen LogP contribution in [0.3, 0.4) is 0 Å². The fourth-order valence-corrected chi connectivity index (χ4v) is 3.31. The summed E-state index contributed by atoms with van der Waals surface area (Å²) in [5.74, 6) is 0.961. The Labute approximate surface area is 173 Å². The Bertz CT molecular complexity index is 1140. The average Bonchev–Trinajstić information content (AvgIpc) is 3.19. The minimum atomic E-state index is -0.353. The summed E-state index contributed by atoms with van der Waals surface area (Å²) in [7, 11) is 0. The lowest BCUT2D eigenvalue weighted by Gasteiger charge is -2.11. The quantitative estimate of drug-likeness (QED) is 0.508. The van der Waals surface area contributed by atoms with Crippen molar-refractivity contribution in [2.24, 2.45) is 0 Å². The van der Waals surface area contributed by atoms with Crippen molar-refractivity contribution in [2.75, 3.05) is 11.9 Å². The van der Waals surface area contributed by atoms with Crippen LogP contribution in [0.4, 0.5) is 5.69 Å². The van der Waals surface area contributed by atoms with Crippen LogP contribution in [0.1, 0.15) is 11.4 Å². The van der Waals surface area contributed by atoms with Crippen molar-refractivity contribution in [3.63, 3.8) is 0 Å². The average molecular weight is 406 g/mol. The Hall–Kier alpha value is -3.38. The van der Waals surface area contributed by atoms with Gasteiger partial charge in [0.25, 0.3) is 5.56 Å². The van der Waals surface area contributed by atoms with Gasteiger partial charge in [-0.25, -0.2) is 4.98 Å². The van der Waals surface area contributed by atoms with Crippen LogP contribution in [0.2, 0.25) is 5.02 Å². The van der Waals surface area contributed by atoms with E-state index in [1.165, 1.54) is 10.2 Å². The molecule has 0 radical (unpaired) electrons. The summed E-state index contributed by atoms with van der Waals surface area (Å²) in [6.45, 7) is 1.35. The zero-order chi connectivity index (χ0) is 20.1. The second kappa shape index (κ2) is 8.75. The molecule has 0 atom stereocenters. The van der Waals surface area contributed by atoms with Gasteiger partial charge in [-0.15, -0.1) is 0 Å². The molecule has 0 aliphatic carbocycles. The van der Waals surface area contributed by atoms with Crippen molar-refractivity contribution in [2.45, 2.75) is 13.0 Å². The highest BCUT2D eigenvalue weighted by Crippen LogP contribution is 2.17. The molecule has 4 aromatic rings. The second-order valence-electron chi connectivity index (χ2n) is 6.56. The maximum absolute atomic E-state index is 12.6. The Morgan fingerprint density at radius 1 is 1.00 bits per heavy atom. The van der Waals surface area contributed by atoms with E-state index in [2.05, 4.69) is 32.1 Å². The van der Waals surface area contributed by atoms with Crippen LogP contribution in [0.15, 0.2) is 84.0 Å². The van der Waals surface area contributed by atoms with Crippen LogP contribution in [-0.4, -0.2) is 25.9 Å². The smallest absolute Gasteiger partial charge is 0.292 e. The van der Waals surface area contributed by atoms with Crippen molar-refractivity contribution >= 4 is 17.3 Å². The highest BCUT2D eigenvalue weighted by molar-refractivity contribution is 6.32. The molecule has 4 rings (SSSR count). The lowest BCUT2D eigenvalue weighted by atomic mass is 10.2. The lowest BCUT2D eigenvalue weighted by molar-refractivity contribution is 0.722. The molecule has 0 fully saturated rings. The molecule has 7 heteroatoms. The van der Waals surface area contributed by atoms with E-state index in [1.54, 1.807) is 12.4 Å². The first-order chi connectivity index (χ1) is 14.2. The van der Waals surface area contributed by atoms with Gasteiger partial charge in [-0.3, -0.25) is 4.79 Å². The molecule has 2 aromatic heterocycles. The first-order valence-corrected chi connectivity index (χ1v) is 9.71. The minimum absolute atomic E-state index is 0.122. The molecule has 146 valence electrons. The number of hydrogen-bond acceptors (Lipinski definition) is 4. The number of imidazole rings is 1. The molecule has 1 N–H and O–H groups in total. The number of rotatable bonds is 7. The van der Waals surface area contributed by atoms with Gasteiger partial charge in [0.2, 0.25) is 0 Å². The third-order valence-electron chi connectivity index (χ3n) is 4.58. The van der Waals surface area contributed by atoms with Gasteiger partial charge in [-0.2, -0.15) is 9.78 Å². The maximum Gasteiger partial charge on any atom is 0.292 e. The summed E-state index contributed by atoms with van der Waals surface area (Å²) in [5.41, 5.74) is 2.06. The molecular weight excluding hydrogens is 386 g/mol. The number of nitrogens with one attached hydrogen (secondary N) is 1. The van der Waals surface area contributed by atoms with E-state index in [1.807, 2.05) is 54.7 Å². The molecular formula is C22H20ClN5O. The van der Waals surface area contributed by atoms with Crippen LogP contribution in [0, 0.1) is 0 Å². The second-order valence-corrected chi connectivity index (χ2v) is 6.94. The number of halogens is 1. The topological polar surface area (TPSA) is 64.7 Å². The molecule has 2 aromatic carbocycles. The minimum Gasteiger partial charge on any atom is -0.382 e. The summed E-state index contributed by atoms with van der Waals surface area (Å²) in [6, 6.07) is 19.4. The van der Waals surface area contributed by atoms with E-state index in [-0.39, 0.29) is 10.6 Å². The van der Waals surface area contributed by atoms with Gasteiger partial charge in [0.15, 0.2) is 0 Å². The van der Waals surface area contributed by atoms with E-state index >= 15 is 0 Å². The Morgan fingerprint density at radius 2 is 1.72 bits per heavy atom. The molecule has 0 unspecified atom stereocenters. The molecule has 0 aliphatic rings. The molecule has 0 amide bonds. The number of para-hydroxylation sites is 1. The monoisotopic (exact) mass is 405 g/mol. The van der Waals surface area contributed by atoms with Crippen LogP contribution in [-0.2, 0) is 13.0 Å². The van der Waals surface area contributed by atoms with E-state index in [4.69, 9.17) is 11.6 Å². The lowest BCUT2D eigenvalue weighted by Crippen LogP contribution is -2.23. The zero-order valence-corrected chi connectivity index (χ0v) is 16.5. The fraction of sp³-hybridized carbons (Fsp3) is 0.136. The van der Waals surface area contributed by atoms with E-state index in [0.29, 0.717) is 24.3 Å². The van der Waals surface area contributed by atoms with Gasteiger partial charge >= 0.3 is 0 Å². The molecule has 0 spiro atoms. The summed E-state index contributed by atoms with van der Waals surface area (Å²) in [6.07, 6.45) is 6.04. The van der Waals surface area contributed by atoms with Gasteiger partial charge < -0.3 is 9.88 Å². The maximum atomic E-state index is 12.6. The first kappa shape index (κ1) is 19.0. The summed E-state index contributed by atoms with van der Waals surface area (Å²) in [5, 5.41) is 7.56. The summed E-state index contributed by atoms with van der Waals surface area (Å²) in [4.78, 5) is 17.0. The van der Waals surface area contributed by atoms with Gasteiger partial charge in [0, 0.05) is 31.9 Å². The number of aromatic nitrogens is 4. The first-order valence-electron chi connectivity index (χ1n) is 9.33. The standard InChI is InChI=1S/C22H20ClN5O/c23-21-19(15-26-28(22(21)29)18-9-5-2-6-10-18)24-12-11-20-25-13-14-27(20)16-17-7-3-1-4-8-17/h1-10,13-15,24H,11-12,16H2. The van der Waals surface area contributed by atoms with E-state index < -0.39 is 0 Å². The molecule has 0 saturated heterocycles. The normalized spacial score (nSPS) is 10.8. The summed E-state index contributed by atoms with van der Waals surface area (Å²) < 4.78 is 3.41. The van der Waals surface area contributed by atoms with Gasteiger partial charge in [-0.05, 0) is 17.7 Å². The van der Waals surface area contributed by atoms with Crippen molar-refractivity contribution in [1.82, 2.24) is 19.3 Å². The summed E-state index contributed by atoms with van der Waals surface area (Å²) >= 11 is 6.29. The molecule has 6 nitrogen and oxygen atoms in total. The molecule has 0 bridgehead atoms. The van der Waals surface area contributed by atoms with Gasteiger partial charge in [0.1, 0.15) is 10.8 Å². The van der Waals surface area contributed by atoms with E-state index in [9.17, 15) is 4.79 Å². The highest BCUT2D eigenvalue weighted by Gasteiger charge is 2.11. The predicted molar refractivity (Wildman–Crippen MR) is 115 cm³/mol. The van der Waals surface area contributed by atoms with Crippen LogP contribution in [0.5, 0.6) is 0 Å². The van der Waals surface area contributed by atoms with Crippen LogP contribution in [0.25, 0.3) is 5.69 Å². The Kier molecular flexibility index (Phi) is 5.72. The van der Waals surface area contributed by atoms with Gasteiger partial charge in [0.05, 0.1) is 17.6 Å². The Balaban J connectivity index is 1.43. The fourth-order valence-electron chi connectivity index (χ4n) is 3.11. The van der Waals surface area contributed by atoms with Gasteiger partial charge in [-0.1, -0.05) is 60.1 Å². The van der Waals surface area contributed by atoms with Crippen molar-refractivity contribution in [1.29, 1.82) is 0 Å². The number of hydrogen-bond donors (Lipinski definition) is 1. The number of anilines is 1. The predicted octanol–water partition coefficient (Wildman–Crippen LogP) is 3.79. The zero-order valence-electron chi connectivity index (χ0n) is 15.7. The SMILES string of the molecule is O=c1c(Cl)c(NCCc2nccn2Cc2ccccc2)cnn1-c1ccccc1. The van der Waals surface area contributed by atoms with Crippen LogP contribution >= 0.6 is 11.6 Å². The third-order valence-corrected chi connectivity index (χ3v) is 4.95. The molecule has 2 heterocycles. The van der Waals surface area contributed by atoms with E-state index in [0.717, 1.165) is 12.4 Å². The number of benzene rings is 2. The van der Waals surface area contributed by atoms with Crippen molar-refractivity contribution < 1.29 is 0 Å². The Morgan fingerprint density at radius 3 is 2.48 bits per heavy atom. The molecule has 29 heavy (non-hydrogen) atoms. The number of nitrogens with zero attached hydrogens (tertiary/aromatic N) is 4. The molecule has 0 aliphatic heterocycles. The highest BCUT2D eigenvalue weighted by atomic mass is 35.5.